The van der Waals surface area contributed by atoms with E-state index in [-0.39, 0.29) is 0 Å². The van der Waals surface area contributed by atoms with Gasteiger partial charge in [0.05, 0.1) is 12.8 Å². The number of ether oxygens (including phenoxy) is 1. The lowest BCUT2D eigenvalue weighted by Crippen LogP contribution is -2.47. The smallest absolute Gasteiger partial charge is 0.142 e. The summed E-state index contributed by atoms with van der Waals surface area (Å²) < 4.78 is 5.46. The fourth-order valence-electron chi connectivity index (χ4n) is 2.80. The molecule has 4 nitrogen and oxygen atoms in total. The van der Waals surface area contributed by atoms with Crippen LogP contribution in [0.2, 0.25) is 0 Å². The van der Waals surface area contributed by atoms with E-state index in [1.807, 2.05) is 12.1 Å². The molecule has 1 N–H and O–H groups in total. The zero-order chi connectivity index (χ0) is 15.1. The standard InChI is InChI=1S/C17H29N3O/c1-15(2)18-9-6-10-19-11-13-20(14-12-19)16-7-4-5-8-17(16)21-3/h4-5,7-8,15,18H,6,9-14H2,1-3H3. The number of methoxy groups -OCH3 is 1. The van der Waals surface area contributed by atoms with Crippen molar-refractivity contribution in [3.63, 3.8) is 0 Å². The summed E-state index contributed by atoms with van der Waals surface area (Å²) in [5.41, 5.74) is 1.22. The number of benzene rings is 1. The highest BCUT2D eigenvalue weighted by molar-refractivity contribution is 5.58. The van der Waals surface area contributed by atoms with Gasteiger partial charge in [-0.2, -0.15) is 0 Å². The molecule has 4 heteroatoms. The molecule has 0 aromatic heterocycles. The van der Waals surface area contributed by atoms with Crippen molar-refractivity contribution < 1.29 is 4.74 Å². The quantitative estimate of drug-likeness (QED) is 0.780. The highest BCUT2D eigenvalue weighted by atomic mass is 16.5. The molecule has 118 valence electrons. The zero-order valence-electron chi connectivity index (χ0n) is 13.6. The van der Waals surface area contributed by atoms with Crippen LogP contribution in [0.5, 0.6) is 5.75 Å². The summed E-state index contributed by atoms with van der Waals surface area (Å²) >= 11 is 0. The van der Waals surface area contributed by atoms with E-state index in [2.05, 4.69) is 41.1 Å². The van der Waals surface area contributed by atoms with Crippen LogP contribution in [0.15, 0.2) is 24.3 Å². The number of rotatable bonds is 7. The topological polar surface area (TPSA) is 27.7 Å². The van der Waals surface area contributed by atoms with Crippen LogP contribution in [0, 0.1) is 0 Å². The third-order valence-corrected chi connectivity index (χ3v) is 4.00. The summed E-state index contributed by atoms with van der Waals surface area (Å²) in [6, 6.07) is 8.90. The van der Waals surface area contributed by atoms with Gasteiger partial charge in [0, 0.05) is 32.2 Å². The first kappa shape index (κ1) is 16.1. The number of anilines is 1. The fraction of sp³-hybridized carbons (Fsp3) is 0.647. The van der Waals surface area contributed by atoms with E-state index in [0.717, 1.165) is 38.5 Å². The first-order chi connectivity index (χ1) is 10.2. The molecule has 1 heterocycles. The van der Waals surface area contributed by atoms with Crippen molar-refractivity contribution in [1.29, 1.82) is 0 Å². The van der Waals surface area contributed by atoms with Crippen LogP contribution >= 0.6 is 0 Å². The normalized spacial score (nSPS) is 16.5. The van der Waals surface area contributed by atoms with Gasteiger partial charge in [-0.3, -0.25) is 4.90 Å². The largest absolute Gasteiger partial charge is 0.495 e. The minimum absolute atomic E-state index is 0.590. The molecule has 0 aliphatic carbocycles. The van der Waals surface area contributed by atoms with Gasteiger partial charge in [0.1, 0.15) is 5.75 Å². The van der Waals surface area contributed by atoms with Gasteiger partial charge in [-0.1, -0.05) is 26.0 Å². The van der Waals surface area contributed by atoms with Gasteiger partial charge in [-0.25, -0.2) is 0 Å². The Kier molecular flexibility index (Phi) is 6.33. The molecule has 0 bridgehead atoms. The van der Waals surface area contributed by atoms with Crippen molar-refractivity contribution in [3.8, 4) is 5.75 Å². The number of hydrogen-bond donors (Lipinski definition) is 1. The van der Waals surface area contributed by atoms with Crippen LogP contribution < -0.4 is 15.0 Å². The van der Waals surface area contributed by atoms with Crippen molar-refractivity contribution in [2.45, 2.75) is 26.3 Å². The summed E-state index contributed by atoms with van der Waals surface area (Å²) in [7, 11) is 1.75. The van der Waals surface area contributed by atoms with Gasteiger partial charge in [0.15, 0.2) is 0 Å². The fourth-order valence-corrected chi connectivity index (χ4v) is 2.80. The van der Waals surface area contributed by atoms with Gasteiger partial charge in [-0.05, 0) is 31.6 Å². The number of hydrogen-bond acceptors (Lipinski definition) is 4. The van der Waals surface area contributed by atoms with E-state index in [0.29, 0.717) is 6.04 Å². The van der Waals surface area contributed by atoms with Crippen LogP contribution in [-0.2, 0) is 0 Å². The monoisotopic (exact) mass is 291 g/mol. The average Bonchev–Trinajstić information content (AvgIpc) is 2.52. The van der Waals surface area contributed by atoms with E-state index in [1.54, 1.807) is 7.11 Å². The molecule has 0 saturated carbocycles. The maximum Gasteiger partial charge on any atom is 0.142 e. The summed E-state index contributed by atoms with van der Waals surface area (Å²) in [6.07, 6.45) is 1.23. The van der Waals surface area contributed by atoms with Crippen molar-refractivity contribution in [2.24, 2.45) is 0 Å². The lowest BCUT2D eigenvalue weighted by atomic mass is 10.2. The lowest BCUT2D eigenvalue weighted by molar-refractivity contribution is 0.252. The van der Waals surface area contributed by atoms with E-state index in [9.17, 15) is 0 Å². The number of nitrogens with one attached hydrogen (secondary N) is 1. The highest BCUT2D eigenvalue weighted by Crippen LogP contribution is 2.28. The summed E-state index contributed by atoms with van der Waals surface area (Å²) in [5, 5.41) is 3.48. The molecule has 1 aromatic carbocycles. The minimum atomic E-state index is 0.590. The van der Waals surface area contributed by atoms with Crippen molar-refractivity contribution in [2.75, 3.05) is 51.3 Å². The Morgan fingerprint density at radius 2 is 1.86 bits per heavy atom. The molecule has 1 saturated heterocycles. The van der Waals surface area contributed by atoms with E-state index in [1.165, 1.54) is 18.7 Å². The molecular weight excluding hydrogens is 262 g/mol. The Bertz CT molecular complexity index is 414. The van der Waals surface area contributed by atoms with Crippen molar-refractivity contribution >= 4 is 5.69 Å². The number of para-hydroxylation sites is 2. The molecular formula is C17H29N3O. The van der Waals surface area contributed by atoms with Gasteiger partial charge in [0.25, 0.3) is 0 Å². The predicted octanol–water partition coefficient (Wildman–Crippen LogP) is 2.21. The van der Waals surface area contributed by atoms with Crippen LogP contribution in [0.3, 0.4) is 0 Å². The molecule has 0 amide bonds. The third-order valence-electron chi connectivity index (χ3n) is 4.00. The van der Waals surface area contributed by atoms with E-state index in [4.69, 9.17) is 4.74 Å². The van der Waals surface area contributed by atoms with Crippen LogP contribution in [0.4, 0.5) is 5.69 Å². The second-order valence-corrected chi connectivity index (χ2v) is 5.96. The Balaban J connectivity index is 1.75. The van der Waals surface area contributed by atoms with Crippen LogP contribution in [0.25, 0.3) is 0 Å². The summed E-state index contributed by atoms with van der Waals surface area (Å²) in [4.78, 5) is 5.00. The van der Waals surface area contributed by atoms with Crippen molar-refractivity contribution in [3.05, 3.63) is 24.3 Å². The predicted molar refractivity (Wildman–Crippen MR) is 89.4 cm³/mol. The molecule has 0 unspecified atom stereocenters. The molecule has 0 spiro atoms. The Morgan fingerprint density at radius 1 is 1.14 bits per heavy atom. The van der Waals surface area contributed by atoms with Gasteiger partial charge < -0.3 is 15.0 Å². The Hall–Kier alpha value is -1.26. The molecule has 21 heavy (non-hydrogen) atoms. The molecule has 0 radical (unpaired) electrons. The van der Waals surface area contributed by atoms with E-state index < -0.39 is 0 Å². The molecule has 2 rings (SSSR count). The molecule has 1 aliphatic rings. The van der Waals surface area contributed by atoms with Crippen LogP contribution in [0.1, 0.15) is 20.3 Å². The van der Waals surface area contributed by atoms with Gasteiger partial charge >= 0.3 is 0 Å². The van der Waals surface area contributed by atoms with Gasteiger partial charge in [-0.15, -0.1) is 0 Å². The van der Waals surface area contributed by atoms with Gasteiger partial charge in [0.2, 0.25) is 0 Å². The molecule has 0 atom stereocenters. The second-order valence-electron chi connectivity index (χ2n) is 5.96. The SMILES string of the molecule is COc1ccccc1N1CCN(CCCNC(C)C)CC1. The maximum absolute atomic E-state index is 5.46. The minimum Gasteiger partial charge on any atom is -0.495 e. The summed E-state index contributed by atoms with van der Waals surface area (Å²) in [6.45, 7) is 11.2. The molecule has 1 fully saturated rings. The maximum atomic E-state index is 5.46. The third kappa shape index (κ3) is 4.90. The summed E-state index contributed by atoms with van der Waals surface area (Å²) in [5.74, 6) is 0.979. The zero-order valence-corrected chi connectivity index (χ0v) is 13.6. The Labute approximate surface area is 129 Å². The molecule has 1 aliphatic heterocycles. The Morgan fingerprint density at radius 3 is 2.52 bits per heavy atom. The highest BCUT2D eigenvalue weighted by Gasteiger charge is 2.18. The number of nitrogens with zero attached hydrogens (tertiary/aromatic N) is 2. The lowest BCUT2D eigenvalue weighted by Gasteiger charge is -2.36. The molecule has 1 aromatic rings. The second kappa shape index (κ2) is 8.25. The number of piperazine rings is 1. The van der Waals surface area contributed by atoms with Crippen LogP contribution in [-0.4, -0.2) is 57.3 Å². The van der Waals surface area contributed by atoms with Crippen molar-refractivity contribution in [1.82, 2.24) is 10.2 Å². The van der Waals surface area contributed by atoms with E-state index >= 15 is 0 Å². The first-order valence-electron chi connectivity index (χ1n) is 8.04. The average molecular weight is 291 g/mol. The first-order valence-corrected chi connectivity index (χ1v) is 8.04.